The van der Waals surface area contributed by atoms with Crippen molar-refractivity contribution >= 4 is 0 Å². The predicted octanol–water partition coefficient (Wildman–Crippen LogP) is 1.32. The molecule has 0 aliphatic carbocycles. The summed E-state index contributed by atoms with van der Waals surface area (Å²) < 4.78 is 42.5. The monoisotopic (exact) mass is 205 g/mol. The molecule has 0 bridgehead atoms. The van der Waals surface area contributed by atoms with Crippen molar-refractivity contribution in [3.63, 3.8) is 0 Å². The van der Waals surface area contributed by atoms with Gasteiger partial charge >= 0.3 is 6.18 Å². The minimum absolute atomic E-state index is 0.561. The Morgan fingerprint density at radius 3 is 2.43 bits per heavy atom. The van der Waals surface area contributed by atoms with Crippen LogP contribution in [0.3, 0.4) is 0 Å². The Hall–Kier alpha value is -1.71. The second-order valence-electron chi connectivity index (χ2n) is 2.47. The van der Waals surface area contributed by atoms with E-state index in [0.29, 0.717) is 0 Å². The Bertz CT molecular complexity index is 388. The molecule has 0 fully saturated rings. The van der Waals surface area contributed by atoms with Gasteiger partial charge in [-0.05, 0) is 0 Å². The van der Waals surface area contributed by atoms with Crippen molar-refractivity contribution in [1.29, 1.82) is 5.26 Å². The average Bonchev–Trinajstić information content (AvgIpc) is 2.40. The fraction of sp³-hybridized carbons (Fsp3) is 0.429. The smallest absolute Gasteiger partial charge is 0.424 e. The lowest BCUT2D eigenvalue weighted by atomic mass is 10.2. The normalized spacial score (nSPS) is 11.1. The molecule has 1 aromatic heterocycles. The molecule has 0 unspecified atom stereocenters. The van der Waals surface area contributed by atoms with E-state index in [9.17, 15) is 13.2 Å². The molecule has 0 spiro atoms. The van der Waals surface area contributed by atoms with Crippen LogP contribution in [0.2, 0.25) is 0 Å². The Kier molecular flexibility index (Phi) is 2.38. The first-order chi connectivity index (χ1) is 6.41. The SMILES string of the molecule is COc1nn(C)c(C#N)c1C(F)(F)F. The average molecular weight is 205 g/mol. The zero-order chi connectivity index (χ0) is 10.9. The van der Waals surface area contributed by atoms with Crippen LogP contribution in [0.1, 0.15) is 11.3 Å². The standard InChI is InChI=1S/C7H6F3N3O/c1-13-4(3-11)5(7(8,9)10)6(12-13)14-2/h1-2H3. The summed E-state index contributed by atoms with van der Waals surface area (Å²) in [5, 5.41) is 11.9. The lowest BCUT2D eigenvalue weighted by Gasteiger charge is -2.05. The van der Waals surface area contributed by atoms with Crippen LogP contribution in [0.5, 0.6) is 5.88 Å². The van der Waals surface area contributed by atoms with E-state index in [1.807, 2.05) is 0 Å². The fourth-order valence-corrected chi connectivity index (χ4v) is 1.03. The van der Waals surface area contributed by atoms with Gasteiger partial charge in [-0.2, -0.15) is 18.4 Å². The van der Waals surface area contributed by atoms with Crippen LogP contribution in [0.4, 0.5) is 13.2 Å². The fourth-order valence-electron chi connectivity index (χ4n) is 1.03. The van der Waals surface area contributed by atoms with Gasteiger partial charge in [0, 0.05) is 7.05 Å². The van der Waals surface area contributed by atoms with E-state index >= 15 is 0 Å². The number of methoxy groups -OCH3 is 1. The largest absolute Gasteiger partial charge is 0.479 e. The molecule has 0 saturated heterocycles. The maximum atomic E-state index is 12.4. The van der Waals surface area contributed by atoms with Gasteiger partial charge in [-0.1, -0.05) is 0 Å². The zero-order valence-electron chi connectivity index (χ0n) is 7.38. The summed E-state index contributed by atoms with van der Waals surface area (Å²) >= 11 is 0. The summed E-state index contributed by atoms with van der Waals surface area (Å²) in [4.78, 5) is 0. The molecule has 0 aliphatic rings. The third kappa shape index (κ3) is 1.51. The van der Waals surface area contributed by atoms with Crippen LogP contribution in [0.15, 0.2) is 0 Å². The number of aryl methyl sites for hydroxylation is 1. The van der Waals surface area contributed by atoms with Crippen molar-refractivity contribution in [2.75, 3.05) is 7.11 Å². The number of alkyl halides is 3. The van der Waals surface area contributed by atoms with E-state index in [2.05, 4.69) is 9.84 Å². The maximum absolute atomic E-state index is 12.4. The summed E-state index contributed by atoms with van der Waals surface area (Å²) in [6.07, 6.45) is -4.63. The third-order valence-corrected chi connectivity index (χ3v) is 1.60. The van der Waals surface area contributed by atoms with Gasteiger partial charge in [0.1, 0.15) is 6.07 Å². The maximum Gasteiger partial charge on any atom is 0.424 e. The van der Waals surface area contributed by atoms with Gasteiger partial charge in [-0.15, -0.1) is 5.10 Å². The van der Waals surface area contributed by atoms with Crippen LogP contribution < -0.4 is 4.74 Å². The summed E-state index contributed by atoms with van der Waals surface area (Å²) in [5.41, 5.74) is -1.70. The van der Waals surface area contributed by atoms with Gasteiger partial charge < -0.3 is 4.74 Å². The molecule has 76 valence electrons. The van der Waals surface area contributed by atoms with Gasteiger partial charge in [0.05, 0.1) is 7.11 Å². The summed E-state index contributed by atoms with van der Waals surface area (Å²) in [6.45, 7) is 0. The minimum atomic E-state index is -4.63. The quantitative estimate of drug-likeness (QED) is 0.694. The molecule has 0 aliphatic heterocycles. The predicted molar refractivity (Wildman–Crippen MR) is 39.5 cm³/mol. The van der Waals surface area contributed by atoms with Gasteiger partial charge in [0.2, 0.25) is 5.88 Å². The number of nitriles is 1. The third-order valence-electron chi connectivity index (χ3n) is 1.60. The molecule has 0 amide bonds. The number of halogens is 3. The van der Waals surface area contributed by atoms with E-state index in [1.54, 1.807) is 0 Å². The highest BCUT2D eigenvalue weighted by molar-refractivity contribution is 5.41. The van der Waals surface area contributed by atoms with Gasteiger partial charge in [-0.3, -0.25) is 4.68 Å². The Labute approximate surface area is 77.5 Å². The second-order valence-corrected chi connectivity index (χ2v) is 2.47. The number of aromatic nitrogens is 2. The lowest BCUT2D eigenvalue weighted by molar-refractivity contribution is -0.139. The Morgan fingerprint density at radius 2 is 2.07 bits per heavy atom. The Morgan fingerprint density at radius 1 is 1.50 bits per heavy atom. The molecule has 0 radical (unpaired) electrons. The molecule has 0 N–H and O–H groups in total. The van der Waals surface area contributed by atoms with Crippen molar-refractivity contribution in [2.24, 2.45) is 7.05 Å². The van der Waals surface area contributed by atoms with E-state index in [4.69, 9.17) is 5.26 Å². The van der Waals surface area contributed by atoms with Crippen molar-refractivity contribution in [2.45, 2.75) is 6.18 Å². The number of rotatable bonds is 1. The molecule has 0 aromatic carbocycles. The summed E-state index contributed by atoms with van der Waals surface area (Å²) in [6, 6.07) is 1.43. The molecular formula is C7H6F3N3O. The number of hydrogen-bond acceptors (Lipinski definition) is 3. The number of ether oxygens (including phenoxy) is 1. The summed E-state index contributed by atoms with van der Waals surface area (Å²) in [7, 11) is 2.31. The van der Waals surface area contributed by atoms with Gasteiger partial charge in [0.15, 0.2) is 11.3 Å². The molecule has 1 heterocycles. The molecule has 0 saturated carbocycles. The second kappa shape index (κ2) is 3.21. The van der Waals surface area contributed by atoms with E-state index in [-0.39, 0.29) is 0 Å². The van der Waals surface area contributed by atoms with Gasteiger partial charge in [-0.25, -0.2) is 0 Å². The highest BCUT2D eigenvalue weighted by Crippen LogP contribution is 2.37. The first-order valence-electron chi connectivity index (χ1n) is 3.50. The van der Waals surface area contributed by atoms with Crippen LogP contribution in [-0.4, -0.2) is 16.9 Å². The van der Waals surface area contributed by atoms with Crippen molar-refractivity contribution in [1.82, 2.24) is 9.78 Å². The van der Waals surface area contributed by atoms with Crippen molar-refractivity contribution in [3.05, 3.63) is 11.3 Å². The lowest BCUT2D eigenvalue weighted by Crippen LogP contribution is -2.08. The molecule has 1 aromatic rings. The highest BCUT2D eigenvalue weighted by Gasteiger charge is 2.40. The van der Waals surface area contributed by atoms with Crippen LogP contribution in [-0.2, 0) is 13.2 Å². The van der Waals surface area contributed by atoms with Crippen molar-refractivity contribution in [3.8, 4) is 11.9 Å². The Balaban J connectivity index is 3.46. The molecular weight excluding hydrogens is 199 g/mol. The zero-order valence-corrected chi connectivity index (χ0v) is 7.38. The molecule has 4 nitrogen and oxygen atoms in total. The summed E-state index contributed by atoms with van der Waals surface area (Å²) in [5.74, 6) is -0.587. The van der Waals surface area contributed by atoms with Crippen LogP contribution in [0, 0.1) is 11.3 Å². The van der Waals surface area contributed by atoms with Crippen LogP contribution in [0.25, 0.3) is 0 Å². The van der Waals surface area contributed by atoms with E-state index in [0.717, 1.165) is 11.8 Å². The number of nitrogens with zero attached hydrogens (tertiary/aromatic N) is 3. The first-order valence-corrected chi connectivity index (χ1v) is 3.50. The molecule has 14 heavy (non-hydrogen) atoms. The first kappa shape index (κ1) is 10.4. The highest BCUT2D eigenvalue weighted by atomic mass is 19.4. The van der Waals surface area contributed by atoms with Crippen LogP contribution >= 0.6 is 0 Å². The minimum Gasteiger partial charge on any atom is -0.479 e. The number of hydrogen-bond donors (Lipinski definition) is 0. The topological polar surface area (TPSA) is 50.8 Å². The van der Waals surface area contributed by atoms with E-state index < -0.39 is 23.3 Å². The molecule has 1 rings (SSSR count). The molecule has 7 heteroatoms. The van der Waals surface area contributed by atoms with Crippen molar-refractivity contribution < 1.29 is 17.9 Å². The van der Waals surface area contributed by atoms with Gasteiger partial charge in [0.25, 0.3) is 0 Å². The van der Waals surface area contributed by atoms with E-state index in [1.165, 1.54) is 13.1 Å². The molecule has 0 atom stereocenters.